The van der Waals surface area contributed by atoms with E-state index in [2.05, 4.69) is 0 Å². The Labute approximate surface area is 181 Å². The maximum absolute atomic E-state index is 13.5. The number of hydrogen-bond donors (Lipinski definition) is 4. The highest BCUT2D eigenvalue weighted by Gasteiger charge is 2.32. The van der Waals surface area contributed by atoms with Crippen molar-refractivity contribution in [3.05, 3.63) is 106 Å². The molecule has 0 spiro atoms. The average molecular weight is 440 g/mol. The number of rotatable bonds is 5. The van der Waals surface area contributed by atoms with Crippen LogP contribution in [0, 0.1) is 0 Å². The third kappa shape index (κ3) is 5.02. The van der Waals surface area contributed by atoms with E-state index in [4.69, 9.17) is 11.7 Å². The zero-order valence-corrected chi connectivity index (χ0v) is 16.6. The molecular weight excluding hydrogens is 421 g/mol. The van der Waals surface area contributed by atoms with Crippen molar-refractivity contribution >= 4 is 23.5 Å². The third-order valence-corrected chi connectivity index (χ3v) is 4.74. The molecule has 0 radical (unpaired) electrons. The van der Waals surface area contributed by atoms with Crippen LogP contribution in [0.1, 0.15) is 43.0 Å². The molecule has 3 aromatic carbocycles. The fourth-order valence-corrected chi connectivity index (χ4v) is 3.14. The normalized spacial score (nSPS) is 10.9. The Kier molecular flexibility index (Phi) is 6.72. The molecule has 0 fully saturated rings. The van der Waals surface area contributed by atoms with Crippen molar-refractivity contribution in [2.24, 2.45) is 11.7 Å². The van der Waals surface area contributed by atoms with E-state index < -0.39 is 23.6 Å². The van der Waals surface area contributed by atoms with Crippen LogP contribution >= 0.6 is 0 Å². The van der Waals surface area contributed by atoms with Crippen LogP contribution in [-0.2, 0) is 6.18 Å². The molecule has 6 N–H and O–H groups in total. The van der Waals surface area contributed by atoms with Gasteiger partial charge in [-0.2, -0.15) is 13.2 Å². The molecule has 6 nitrogen and oxygen atoms in total. The molecule has 164 valence electrons. The monoisotopic (exact) mass is 440 g/mol. The van der Waals surface area contributed by atoms with Gasteiger partial charge in [0.05, 0.1) is 5.56 Å². The number of hydrazine groups is 2. The summed E-state index contributed by atoms with van der Waals surface area (Å²) in [4.78, 5) is 23.4. The van der Waals surface area contributed by atoms with Gasteiger partial charge in [0.15, 0.2) is 0 Å². The van der Waals surface area contributed by atoms with E-state index in [0.29, 0.717) is 27.8 Å². The number of nitrogens with two attached hydrogens (primary N) is 2. The number of amides is 2. The topological polar surface area (TPSA) is 110 Å². The van der Waals surface area contributed by atoms with Gasteiger partial charge >= 0.3 is 6.18 Å². The van der Waals surface area contributed by atoms with Crippen molar-refractivity contribution in [3.63, 3.8) is 0 Å². The number of nitrogen functional groups attached to an aromatic ring is 2. The standard InChI is InChI=1S/C23H19F3N4O2/c24-23(25,26)20-4-2-1-3-18(20)13-19(14-5-9-16(10-6-14)21(31)29-27)15-7-11-17(12-8-15)22(32)30-28/h1-13H,27-28H2,(H,29,31)(H,30,32). The summed E-state index contributed by atoms with van der Waals surface area (Å²) in [5, 5.41) is 0. The van der Waals surface area contributed by atoms with Crippen LogP contribution in [0.5, 0.6) is 0 Å². The van der Waals surface area contributed by atoms with Crippen molar-refractivity contribution < 1.29 is 22.8 Å². The number of halogens is 3. The number of alkyl halides is 3. The predicted octanol–water partition coefficient (Wildman–Crippen LogP) is 3.50. The molecule has 0 unspecified atom stereocenters. The molecule has 0 aliphatic heterocycles. The fourth-order valence-electron chi connectivity index (χ4n) is 3.14. The van der Waals surface area contributed by atoms with Crippen LogP contribution in [0.25, 0.3) is 11.6 Å². The van der Waals surface area contributed by atoms with Crippen LogP contribution < -0.4 is 22.5 Å². The van der Waals surface area contributed by atoms with E-state index in [-0.39, 0.29) is 5.56 Å². The molecular formula is C23H19F3N4O2. The second kappa shape index (κ2) is 9.46. The average Bonchev–Trinajstić information content (AvgIpc) is 2.81. The van der Waals surface area contributed by atoms with Gasteiger partial charge in [0.1, 0.15) is 0 Å². The lowest BCUT2D eigenvalue weighted by atomic mass is 9.93. The number of hydrogen-bond acceptors (Lipinski definition) is 4. The molecule has 0 saturated carbocycles. The van der Waals surface area contributed by atoms with Gasteiger partial charge in [-0.25, -0.2) is 11.7 Å². The van der Waals surface area contributed by atoms with Gasteiger partial charge in [0.2, 0.25) is 0 Å². The van der Waals surface area contributed by atoms with Crippen LogP contribution in [0.4, 0.5) is 13.2 Å². The Hall–Kier alpha value is -3.95. The van der Waals surface area contributed by atoms with Gasteiger partial charge in [-0.05, 0) is 58.7 Å². The first kappa shape index (κ1) is 22.7. The number of carbonyl (C=O) groups excluding carboxylic acids is 2. The first-order chi connectivity index (χ1) is 15.2. The van der Waals surface area contributed by atoms with Gasteiger partial charge in [-0.3, -0.25) is 20.4 Å². The highest BCUT2D eigenvalue weighted by molar-refractivity contribution is 5.97. The second-order valence-electron chi connectivity index (χ2n) is 6.74. The van der Waals surface area contributed by atoms with Crippen molar-refractivity contribution in [3.8, 4) is 0 Å². The first-order valence-electron chi connectivity index (χ1n) is 9.35. The van der Waals surface area contributed by atoms with Crippen LogP contribution in [0.2, 0.25) is 0 Å². The Morgan fingerprint density at radius 3 is 1.50 bits per heavy atom. The van der Waals surface area contributed by atoms with Gasteiger partial charge < -0.3 is 0 Å². The van der Waals surface area contributed by atoms with Gasteiger partial charge in [-0.15, -0.1) is 0 Å². The van der Waals surface area contributed by atoms with Crippen LogP contribution in [-0.4, -0.2) is 11.8 Å². The first-order valence-corrected chi connectivity index (χ1v) is 9.35. The molecule has 0 aliphatic carbocycles. The minimum Gasteiger partial charge on any atom is -0.290 e. The third-order valence-electron chi connectivity index (χ3n) is 4.74. The summed E-state index contributed by atoms with van der Waals surface area (Å²) in [7, 11) is 0. The molecule has 2 amide bonds. The maximum atomic E-state index is 13.5. The number of carbonyl (C=O) groups is 2. The molecule has 3 aromatic rings. The predicted molar refractivity (Wildman–Crippen MR) is 115 cm³/mol. The van der Waals surface area contributed by atoms with Crippen LogP contribution in [0.15, 0.2) is 72.8 Å². The Morgan fingerprint density at radius 2 is 1.09 bits per heavy atom. The zero-order valence-electron chi connectivity index (χ0n) is 16.6. The summed E-state index contributed by atoms with van der Waals surface area (Å²) >= 11 is 0. The lowest BCUT2D eigenvalue weighted by Gasteiger charge is -2.14. The zero-order chi connectivity index (χ0) is 23.3. The van der Waals surface area contributed by atoms with Gasteiger partial charge in [0, 0.05) is 11.1 Å². The van der Waals surface area contributed by atoms with Gasteiger partial charge in [0.25, 0.3) is 11.8 Å². The summed E-state index contributed by atoms with van der Waals surface area (Å²) in [5.74, 6) is 9.29. The summed E-state index contributed by atoms with van der Waals surface area (Å²) in [6, 6.07) is 17.7. The summed E-state index contributed by atoms with van der Waals surface area (Å²) in [6.07, 6.45) is -3.12. The van der Waals surface area contributed by atoms with Crippen molar-refractivity contribution in [1.82, 2.24) is 10.9 Å². The lowest BCUT2D eigenvalue weighted by Crippen LogP contribution is -2.29. The highest BCUT2D eigenvalue weighted by atomic mass is 19.4. The molecule has 0 saturated heterocycles. The molecule has 9 heteroatoms. The van der Waals surface area contributed by atoms with E-state index in [0.717, 1.165) is 6.07 Å². The van der Waals surface area contributed by atoms with Gasteiger partial charge in [-0.1, -0.05) is 42.5 Å². The second-order valence-corrected chi connectivity index (χ2v) is 6.74. The smallest absolute Gasteiger partial charge is 0.290 e. The van der Waals surface area contributed by atoms with E-state index in [9.17, 15) is 22.8 Å². The summed E-state index contributed by atoms with van der Waals surface area (Å²) < 4.78 is 40.6. The molecule has 0 aliphatic rings. The quantitative estimate of drug-likeness (QED) is 0.211. The molecule has 0 aromatic heterocycles. The largest absolute Gasteiger partial charge is 0.416 e. The van der Waals surface area contributed by atoms with E-state index in [1.165, 1.54) is 48.5 Å². The lowest BCUT2D eigenvalue weighted by molar-refractivity contribution is -0.137. The van der Waals surface area contributed by atoms with Crippen molar-refractivity contribution in [1.29, 1.82) is 0 Å². The summed E-state index contributed by atoms with van der Waals surface area (Å²) in [5.41, 5.74) is 5.40. The minimum absolute atomic E-state index is 0.0254. The Balaban J connectivity index is 2.16. The molecule has 0 heterocycles. The fraction of sp³-hybridized carbons (Fsp3) is 0.0435. The molecule has 0 bridgehead atoms. The van der Waals surface area contributed by atoms with Crippen molar-refractivity contribution in [2.75, 3.05) is 0 Å². The minimum atomic E-state index is -4.54. The van der Waals surface area contributed by atoms with Crippen molar-refractivity contribution in [2.45, 2.75) is 6.18 Å². The summed E-state index contributed by atoms with van der Waals surface area (Å²) in [6.45, 7) is 0. The molecule has 0 atom stereocenters. The maximum Gasteiger partial charge on any atom is 0.416 e. The number of nitrogens with one attached hydrogen (secondary N) is 2. The van der Waals surface area contributed by atoms with E-state index in [1.54, 1.807) is 24.3 Å². The highest BCUT2D eigenvalue weighted by Crippen LogP contribution is 2.35. The molecule has 3 rings (SSSR count). The number of benzene rings is 3. The Bertz CT molecular complexity index is 1090. The van der Waals surface area contributed by atoms with Crippen LogP contribution in [0.3, 0.4) is 0 Å². The molecule has 32 heavy (non-hydrogen) atoms. The van der Waals surface area contributed by atoms with E-state index in [1.807, 2.05) is 10.9 Å². The Morgan fingerprint density at radius 1 is 0.688 bits per heavy atom. The van der Waals surface area contributed by atoms with E-state index >= 15 is 0 Å². The SMILES string of the molecule is NNC(=O)c1ccc(C(=Cc2ccccc2C(F)(F)F)c2ccc(C(=O)NN)cc2)cc1.